The number of hydrogen-bond acceptors (Lipinski definition) is 14. The van der Waals surface area contributed by atoms with Crippen molar-refractivity contribution in [1.82, 2.24) is 34.9 Å². The molecule has 0 aliphatic carbocycles. The summed E-state index contributed by atoms with van der Waals surface area (Å²) in [4.78, 5) is 41.8. The molecule has 0 aliphatic heterocycles. The molecule has 3 N–H and O–H groups in total. The second-order valence-corrected chi connectivity index (χ2v) is 42.3. The van der Waals surface area contributed by atoms with E-state index < -0.39 is 0 Å². The predicted molar refractivity (Wildman–Crippen MR) is 585 cm³/mol. The first-order valence-electron chi connectivity index (χ1n) is 48.2. The van der Waals surface area contributed by atoms with Gasteiger partial charge in [-0.15, -0.1) is 89.5 Å². The quantitative estimate of drug-likeness (QED) is 0.0655. The van der Waals surface area contributed by atoms with Gasteiger partial charge < -0.3 is 30.0 Å². The third kappa shape index (κ3) is 26.3. The average Bonchev–Trinajstić information content (AvgIpc) is 0.773. The van der Waals surface area contributed by atoms with Gasteiger partial charge in [-0.2, -0.15) is 0 Å². The second-order valence-electron chi connectivity index (χ2n) is 42.3. The number of aromatic nitrogens is 7. The number of nitrogens with zero attached hydrogens (tertiary/aromatic N) is 11. The molecule has 6 heterocycles. The molecular formula is C127H123FN11O3Pt3-3. The molecule has 744 valence electrons. The number of rotatable bonds is 19. The van der Waals surface area contributed by atoms with Crippen molar-refractivity contribution in [3.63, 3.8) is 0 Å². The Morgan fingerprint density at radius 2 is 0.510 bits per heavy atom. The molecule has 145 heavy (non-hydrogen) atoms. The Balaban J connectivity index is 0.000000180. The maximum atomic E-state index is 14.4. The molecule has 0 saturated carbocycles. The van der Waals surface area contributed by atoms with Gasteiger partial charge in [-0.3, -0.25) is 19.9 Å². The fraction of sp³-hybridized carbons (Fsp3) is 0.205. The molecule has 18 heteroatoms. The third-order valence-corrected chi connectivity index (χ3v) is 25.1. The number of phenolic OH excluding ortho intramolecular Hbond substituents is 3. The Labute approximate surface area is 898 Å². The summed E-state index contributed by atoms with van der Waals surface area (Å²) in [7, 11) is 4.06. The molecule has 0 radical (unpaired) electrons. The largest absolute Gasteiger partial charge is 0.507 e. The topological polar surface area (TPSA) is 164 Å². The number of anilines is 10. The van der Waals surface area contributed by atoms with Crippen molar-refractivity contribution < 1.29 is 82.9 Å². The normalized spacial score (nSPS) is 11.5. The zero-order chi connectivity index (χ0) is 101. The Kier molecular flexibility index (Phi) is 34.0. The van der Waals surface area contributed by atoms with Crippen molar-refractivity contribution in [3.8, 4) is 118 Å². The van der Waals surface area contributed by atoms with Gasteiger partial charge >= 0.3 is 0 Å². The Hall–Kier alpha value is -13.9. The monoisotopic (exact) mass is 2450 g/mol. The Morgan fingerprint density at radius 1 is 0.241 bits per heavy atom. The summed E-state index contributed by atoms with van der Waals surface area (Å²) in [5.41, 5.74) is 28.4. The molecule has 6 aromatic heterocycles. The first-order valence-corrected chi connectivity index (χ1v) is 48.2. The zero-order valence-electron chi connectivity index (χ0n) is 85.7. The van der Waals surface area contributed by atoms with Crippen LogP contribution in [0.2, 0.25) is 0 Å². The average molecular weight is 2460 g/mol. The van der Waals surface area contributed by atoms with Gasteiger partial charge in [-0.05, 0) is 243 Å². The summed E-state index contributed by atoms with van der Waals surface area (Å²) in [5.74, 6) is 1.94. The SMILES string of the molecule is CC(C)(C)c1cc(-c2cc(-c3[c-]c(N(c4ccccc4)c4cc(F)ccn4)ccc3)nc(-c3ccccc3O)c2)cc(C(C)(C)C)c1.CC(C)(C)c1cc(-c2cc(-c3[c-]c(N(c4ccccc4)c4ncccn4)ccc3)nc(-c3ccccc3O)c2)cc(C(C)(C)C)c1.CN(C)c1ccnc(N(c2[c-]c(-c3cc(-c4cc(C(C)(C)C)cc(C(C)(C)C)c4)cc(-c4ccccc4O)n3)ccc2)c2ccccc2)c1.[Pt].[Pt].[Pt]. The molecule has 0 fully saturated rings. The van der Waals surface area contributed by atoms with Gasteiger partial charge in [0.2, 0.25) is 5.95 Å². The van der Waals surface area contributed by atoms with E-state index in [0.717, 1.165) is 101 Å². The molecule has 0 saturated heterocycles. The van der Waals surface area contributed by atoms with Gasteiger partial charge in [0.15, 0.2) is 0 Å². The summed E-state index contributed by atoms with van der Waals surface area (Å²) in [6.45, 7) is 40.4. The van der Waals surface area contributed by atoms with Crippen molar-refractivity contribution >= 4 is 57.4 Å². The van der Waals surface area contributed by atoms with E-state index in [9.17, 15) is 19.7 Å². The van der Waals surface area contributed by atoms with Crippen LogP contribution in [0.1, 0.15) is 158 Å². The number of pyridine rings is 5. The van der Waals surface area contributed by atoms with Crippen LogP contribution in [0.25, 0.3) is 101 Å². The van der Waals surface area contributed by atoms with Gasteiger partial charge in [0.1, 0.15) is 34.7 Å². The van der Waals surface area contributed by atoms with Crippen LogP contribution in [0, 0.1) is 24.0 Å². The van der Waals surface area contributed by atoms with Gasteiger partial charge in [0.25, 0.3) is 0 Å². The van der Waals surface area contributed by atoms with E-state index in [1.165, 1.54) is 51.7 Å². The summed E-state index contributed by atoms with van der Waals surface area (Å²) in [5, 5.41) is 32.7. The molecule has 0 amide bonds. The van der Waals surface area contributed by atoms with Crippen molar-refractivity contribution in [2.24, 2.45) is 0 Å². The maximum absolute atomic E-state index is 14.4. The molecule has 18 aromatic rings. The van der Waals surface area contributed by atoms with Gasteiger partial charge in [-0.1, -0.05) is 288 Å². The fourth-order valence-electron chi connectivity index (χ4n) is 16.8. The molecule has 0 bridgehead atoms. The molecule has 12 aromatic carbocycles. The summed E-state index contributed by atoms with van der Waals surface area (Å²) in [6, 6.07) is 123. The van der Waals surface area contributed by atoms with E-state index in [4.69, 9.17) is 19.9 Å². The van der Waals surface area contributed by atoms with Crippen LogP contribution in [0.3, 0.4) is 0 Å². The zero-order valence-corrected chi connectivity index (χ0v) is 92.5. The minimum atomic E-state index is -0.374. The van der Waals surface area contributed by atoms with Crippen LogP contribution >= 0.6 is 0 Å². The predicted octanol–water partition coefficient (Wildman–Crippen LogP) is 32.7. The van der Waals surface area contributed by atoms with E-state index in [0.29, 0.717) is 56.9 Å². The van der Waals surface area contributed by atoms with E-state index in [1.807, 2.05) is 230 Å². The first kappa shape index (κ1) is 108. The fourth-order valence-corrected chi connectivity index (χ4v) is 16.8. The number of phenols is 3. The molecule has 0 unspecified atom stereocenters. The van der Waals surface area contributed by atoms with Crippen LogP contribution in [0.4, 0.5) is 61.8 Å². The van der Waals surface area contributed by atoms with E-state index >= 15 is 0 Å². The van der Waals surface area contributed by atoms with E-state index in [1.54, 1.807) is 30.6 Å². The summed E-state index contributed by atoms with van der Waals surface area (Å²) < 4.78 is 14.4. The molecule has 0 aliphatic rings. The Morgan fingerprint density at radius 3 is 0.807 bits per heavy atom. The van der Waals surface area contributed by atoms with E-state index in [2.05, 4.69) is 277 Å². The molecule has 14 nitrogen and oxygen atoms in total. The van der Waals surface area contributed by atoms with Crippen molar-refractivity contribution in [2.45, 2.75) is 157 Å². The molecule has 0 spiro atoms. The van der Waals surface area contributed by atoms with Gasteiger partial charge in [0, 0.05) is 154 Å². The summed E-state index contributed by atoms with van der Waals surface area (Å²) >= 11 is 0. The molecule has 0 atom stereocenters. The van der Waals surface area contributed by atoms with Crippen molar-refractivity contribution in [1.29, 1.82) is 0 Å². The van der Waals surface area contributed by atoms with Crippen molar-refractivity contribution in [2.75, 3.05) is 33.7 Å². The minimum Gasteiger partial charge on any atom is -0.507 e. The summed E-state index contributed by atoms with van der Waals surface area (Å²) in [6.07, 6.45) is 6.78. The maximum Gasteiger partial charge on any atom is 0.233 e. The van der Waals surface area contributed by atoms with Crippen molar-refractivity contribution in [3.05, 3.63) is 422 Å². The number of halogens is 1. The number of aromatic hydroxyl groups is 3. The van der Waals surface area contributed by atoms with Crippen LogP contribution in [-0.4, -0.2) is 64.3 Å². The first-order chi connectivity index (χ1) is 67.6. The smallest absolute Gasteiger partial charge is 0.233 e. The standard InChI is InChI=1S/C44H45N4O.C42H39FN3O.C41H39N4O.3Pt/c1-43(2,3)33-23-31(24-34(28-33)44(4,5)6)32-26-39(46-40(27-32)38-19-12-13-20-41(38)49)30-15-14-18-37(25-30)48(35-16-10-9-11-17-35)42-29-36(47(7)8)21-22-45-42;1-41(2,3)31-21-29(22-32(26-31)42(4,5)6)30-24-37(45-38(25-30)36-17-10-11-18-39(36)47)28-13-12-16-35(23-28)46(34-14-8-7-9-15-34)40-27-33(43)19-20-44-40;1-40(2,3)31-22-29(23-32(27-31)41(4,5)6)30-25-36(44-37(26-30)35-18-10-11-19-38(35)46)28-14-12-17-34(24-28)45(33-15-8-7-9-16-33)39-42-20-13-21-43-39;;;/h9-24,26-29,49H,1-8H3;7-22,24-27,47H,1-6H3;7-23,25-27,46H,1-6H3;;;/q3*-1;;;. The number of para-hydroxylation sites is 6. The molecule has 18 rings (SSSR count). The van der Waals surface area contributed by atoms with Crippen LogP contribution in [0.15, 0.2) is 365 Å². The Bertz CT molecular complexity index is 7400. The van der Waals surface area contributed by atoms with Crippen LogP contribution < -0.4 is 19.6 Å². The second kappa shape index (κ2) is 45.6. The molecular weight excluding hydrogens is 2330 g/mol. The number of hydrogen-bond donors (Lipinski definition) is 3. The van der Waals surface area contributed by atoms with Crippen LogP contribution in [0.5, 0.6) is 17.2 Å². The number of benzene rings is 12. The van der Waals surface area contributed by atoms with Gasteiger partial charge in [-0.25, -0.2) is 24.3 Å². The van der Waals surface area contributed by atoms with Crippen LogP contribution in [-0.2, 0) is 95.7 Å². The minimum absolute atomic E-state index is 0. The third-order valence-electron chi connectivity index (χ3n) is 25.1. The van der Waals surface area contributed by atoms with Gasteiger partial charge in [0.05, 0.1) is 17.1 Å². The van der Waals surface area contributed by atoms with E-state index in [-0.39, 0.29) is 119 Å².